The number of nitrogens with one attached hydrogen (secondary N) is 1. The van der Waals surface area contributed by atoms with Gasteiger partial charge in [0.2, 0.25) is 0 Å². The number of carbonyl (C=O) groups is 1. The predicted molar refractivity (Wildman–Crippen MR) is 125 cm³/mol. The summed E-state index contributed by atoms with van der Waals surface area (Å²) < 4.78 is 1.79. The third-order valence-corrected chi connectivity index (χ3v) is 7.17. The quantitative estimate of drug-likeness (QED) is 0.539. The average Bonchev–Trinajstić information content (AvgIpc) is 3.39. The average molecular weight is 429 g/mol. The van der Waals surface area contributed by atoms with E-state index in [2.05, 4.69) is 46.3 Å². The molecule has 4 aromatic heterocycles. The largest absolute Gasteiger partial charge is 0.346 e. The number of amides is 1. The number of carbonyl (C=O) groups excluding carboxylic acids is 1. The van der Waals surface area contributed by atoms with Gasteiger partial charge in [0.15, 0.2) is 0 Å². The normalized spacial score (nSPS) is 17.8. The maximum Gasteiger partial charge on any atom is 0.257 e. The number of hydrogen-bond acceptors (Lipinski definition) is 4. The smallest absolute Gasteiger partial charge is 0.257 e. The summed E-state index contributed by atoms with van der Waals surface area (Å²) in [5.41, 5.74) is 5.77. The van der Waals surface area contributed by atoms with Gasteiger partial charge in [0, 0.05) is 55.2 Å². The van der Waals surface area contributed by atoms with Crippen LogP contribution in [-0.2, 0) is 6.42 Å². The molecule has 0 spiro atoms. The first-order valence-electron chi connectivity index (χ1n) is 11.6. The molecule has 1 N–H and O–H groups in total. The van der Waals surface area contributed by atoms with Crippen LogP contribution in [0.15, 0.2) is 42.9 Å². The Morgan fingerprint density at radius 1 is 1.16 bits per heavy atom. The molecular formula is C25H28N6O. The van der Waals surface area contributed by atoms with Gasteiger partial charge in [0.25, 0.3) is 5.91 Å². The number of aromatic nitrogens is 4. The van der Waals surface area contributed by atoms with Crippen LogP contribution in [-0.4, -0.2) is 68.5 Å². The molecule has 7 heteroatoms. The van der Waals surface area contributed by atoms with E-state index in [-0.39, 0.29) is 5.91 Å². The lowest BCUT2D eigenvalue weighted by atomic mass is 9.82. The van der Waals surface area contributed by atoms with Crippen molar-refractivity contribution in [2.45, 2.75) is 25.7 Å². The predicted octanol–water partition coefficient (Wildman–Crippen LogP) is 3.61. The number of H-pyrrole nitrogens is 1. The third-order valence-electron chi connectivity index (χ3n) is 7.17. The molecule has 1 saturated heterocycles. The Morgan fingerprint density at radius 2 is 2.00 bits per heavy atom. The van der Waals surface area contributed by atoms with Gasteiger partial charge in [-0.05, 0) is 49.2 Å². The minimum atomic E-state index is 0.0616. The molecule has 1 aliphatic carbocycles. The molecule has 2 fully saturated rings. The molecule has 0 atom stereocenters. The van der Waals surface area contributed by atoms with E-state index in [4.69, 9.17) is 4.98 Å². The molecule has 1 amide bonds. The standard InChI is InChI=1S/C25H28N6O/c1-29-9-11-30(12-10-29)25(32)22-16-27-31-8-7-18(14-23(22)31)21-15-26-24-20(21)6-5-19(28-24)13-17-3-2-4-17/h5-8,14-17H,2-4,9-13H2,1H3,(H,26,28). The molecule has 0 unspecified atom stereocenters. The molecule has 32 heavy (non-hydrogen) atoms. The van der Waals surface area contributed by atoms with Gasteiger partial charge in [-0.3, -0.25) is 4.79 Å². The van der Waals surface area contributed by atoms with Gasteiger partial charge >= 0.3 is 0 Å². The molecule has 0 radical (unpaired) electrons. The van der Waals surface area contributed by atoms with Crippen molar-refractivity contribution in [2.24, 2.45) is 5.92 Å². The van der Waals surface area contributed by atoms with Gasteiger partial charge in [-0.15, -0.1) is 0 Å². The Hall–Kier alpha value is -3.19. The number of pyridine rings is 2. The van der Waals surface area contributed by atoms with E-state index >= 15 is 0 Å². The highest BCUT2D eigenvalue weighted by Crippen LogP contribution is 2.32. The van der Waals surface area contributed by atoms with Crippen molar-refractivity contribution in [3.8, 4) is 11.1 Å². The number of piperazine rings is 1. The summed E-state index contributed by atoms with van der Waals surface area (Å²) >= 11 is 0. The summed E-state index contributed by atoms with van der Waals surface area (Å²) in [4.78, 5) is 25.6. The van der Waals surface area contributed by atoms with E-state index in [1.807, 2.05) is 17.3 Å². The van der Waals surface area contributed by atoms with Gasteiger partial charge < -0.3 is 14.8 Å². The highest BCUT2D eigenvalue weighted by molar-refractivity contribution is 6.02. The summed E-state index contributed by atoms with van der Waals surface area (Å²) in [5, 5.41) is 5.53. The lowest BCUT2D eigenvalue weighted by Crippen LogP contribution is -2.47. The van der Waals surface area contributed by atoms with Gasteiger partial charge in [-0.25, -0.2) is 9.50 Å². The zero-order valence-corrected chi connectivity index (χ0v) is 18.4. The summed E-state index contributed by atoms with van der Waals surface area (Å²) in [6.45, 7) is 3.32. The third kappa shape index (κ3) is 3.37. The summed E-state index contributed by atoms with van der Waals surface area (Å²) in [5.74, 6) is 0.862. The zero-order chi connectivity index (χ0) is 21.7. The van der Waals surface area contributed by atoms with Crippen LogP contribution >= 0.6 is 0 Å². The van der Waals surface area contributed by atoms with Crippen LogP contribution in [0.5, 0.6) is 0 Å². The molecule has 7 nitrogen and oxygen atoms in total. The fraction of sp³-hybridized carbons (Fsp3) is 0.400. The molecule has 1 saturated carbocycles. The van der Waals surface area contributed by atoms with Crippen molar-refractivity contribution in [1.82, 2.24) is 29.4 Å². The highest BCUT2D eigenvalue weighted by atomic mass is 16.2. The second-order valence-corrected chi connectivity index (χ2v) is 9.30. The van der Waals surface area contributed by atoms with Gasteiger partial charge in [0.1, 0.15) is 5.65 Å². The van der Waals surface area contributed by atoms with E-state index in [1.165, 1.54) is 25.0 Å². The van der Waals surface area contributed by atoms with Gasteiger partial charge in [-0.1, -0.05) is 19.3 Å². The van der Waals surface area contributed by atoms with Crippen molar-refractivity contribution in [2.75, 3.05) is 33.2 Å². The van der Waals surface area contributed by atoms with Crippen LogP contribution in [0.25, 0.3) is 27.7 Å². The van der Waals surface area contributed by atoms with Crippen molar-refractivity contribution < 1.29 is 4.79 Å². The number of nitrogens with zero attached hydrogens (tertiary/aromatic N) is 5. The Kier molecular flexibility index (Phi) is 4.72. The van der Waals surface area contributed by atoms with Crippen LogP contribution in [0.4, 0.5) is 0 Å². The van der Waals surface area contributed by atoms with E-state index in [9.17, 15) is 4.79 Å². The first-order valence-corrected chi connectivity index (χ1v) is 11.6. The molecule has 0 aromatic carbocycles. The first-order chi connectivity index (χ1) is 15.7. The Labute approximate surface area is 187 Å². The maximum atomic E-state index is 13.2. The molecule has 2 aliphatic rings. The molecule has 1 aliphatic heterocycles. The Morgan fingerprint density at radius 3 is 2.78 bits per heavy atom. The van der Waals surface area contributed by atoms with Crippen molar-refractivity contribution in [3.05, 3.63) is 54.1 Å². The topological polar surface area (TPSA) is 69.5 Å². The zero-order valence-electron chi connectivity index (χ0n) is 18.4. The molecule has 4 aromatic rings. The monoisotopic (exact) mass is 428 g/mol. The SMILES string of the molecule is CN1CCN(C(=O)c2cnn3ccc(-c4c[nH]c5nc(CC6CCC6)ccc45)cc23)CC1. The maximum absolute atomic E-state index is 13.2. The number of aromatic amines is 1. The van der Waals surface area contributed by atoms with Crippen LogP contribution in [0.2, 0.25) is 0 Å². The van der Waals surface area contributed by atoms with E-state index < -0.39 is 0 Å². The number of fused-ring (bicyclic) bond motifs is 2. The van der Waals surface area contributed by atoms with Crippen LogP contribution in [0.1, 0.15) is 35.3 Å². The number of rotatable bonds is 4. The van der Waals surface area contributed by atoms with Gasteiger partial charge in [0.05, 0.1) is 17.3 Å². The first kappa shape index (κ1) is 19.5. The molecule has 164 valence electrons. The van der Waals surface area contributed by atoms with E-state index in [0.717, 1.165) is 66.2 Å². The lowest BCUT2D eigenvalue weighted by Gasteiger charge is -2.32. The molecule has 6 rings (SSSR count). The molecular weight excluding hydrogens is 400 g/mol. The Balaban J connectivity index is 1.32. The minimum Gasteiger partial charge on any atom is -0.346 e. The van der Waals surface area contributed by atoms with E-state index in [0.29, 0.717) is 5.56 Å². The number of likely N-dealkylation sites (N-methyl/N-ethyl adjacent to an activating group) is 1. The second kappa shape index (κ2) is 7.74. The van der Waals surface area contributed by atoms with Crippen molar-refractivity contribution >= 4 is 22.5 Å². The van der Waals surface area contributed by atoms with Crippen molar-refractivity contribution in [3.63, 3.8) is 0 Å². The second-order valence-electron chi connectivity index (χ2n) is 9.30. The van der Waals surface area contributed by atoms with Crippen LogP contribution < -0.4 is 0 Å². The van der Waals surface area contributed by atoms with Gasteiger partial charge in [-0.2, -0.15) is 5.10 Å². The number of hydrogen-bond donors (Lipinski definition) is 1. The lowest BCUT2D eigenvalue weighted by molar-refractivity contribution is 0.0666. The summed E-state index contributed by atoms with van der Waals surface area (Å²) in [6.07, 6.45) is 10.7. The van der Waals surface area contributed by atoms with Crippen molar-refractivity contribution in [1.29, 1.82) is 0 Å². The fourth-order valence-electron chi connectivity index (χ4n) is 4.88. The fourth-order valence-corrected chi connectivity index (χ4v) is 4.88. The van der Waals surface area contributed by atoms with Crippen LogP contribution in [0, 0.1) is 5.92 Å². The summed E-state index contributed by atoms with van der Waals surface area (Å²) in [6, 6.07) is 8.47. The van der Waals surface area contributed by atoms with Crippen LogP contribution in [0.3, 0.4) is 0 Å². The Bertz CT molecular complexity index is 1290. The summed E-state index contributed by atoms with van der Waals surface area (Å²) in [7, 11) is 2.09. The highest BCUT2D eigenvalue weighted by Gasteiger charge is 2.24. The minimum absolute atomic E-state index is 0.0616. The van der Waals surface area contributed by atoms with E-state index in [1.54, 1.807) is 10.7 Å². The molecule has 0 bridgehead atoms. The molecule has 5 heterocycles.